The molecule has 2 heterocycles. The summed E-state index contributed by atoms with van der Waals surface area (Å²) in [6.45, 7) is 0. The molecule has 0 aromatic heterocycles. The molecule has 2 amide bonds. The largest absolute Gasteiger partial charge is 0.467 e. The third-order valence-corrected chi connectivity index (χ3v) is 3.60. The number of benzene rings is 1. The second-order valence-corrected chi connectivity index (χ2v) is 4.67. The number of esters is 1. The van der Waals surface area contributed by atoms with E-state index >= 15 is 0 Å². The van der Waals surface area contributed by atoms with E-state index in [2.05, 4.69) is 9.73 Å². The van der Waals surface area contributed by atoms with Gasteiger partial charge in [0, 0.05) is 6.21 Å². The lowest BCUT2D eigenvalue weighted by Crippen LogP contribution is -2.36. The number of rotatable bonds is 2. The Balaban J connectivity index is 1.96. The van der Waals surface area contributed by atoms with Gasteiger partial charge in [0.25, 0.3) is 0 Å². The third-order valence-electron chi connectivity index (χ3n) is 3.60. The summed E-state index contributed by atoms with van der Waals surface area (Å²) in [6.07, 6.45) is 1.38. The van der Waals surface area contributed by atoms with Gasteiger partial charge in [-0.2, -0.15) is 0 Å². The molecule has 0 bridgehead atoms. The van der Waals surface area contributed by atoms with Crippen molar-refractivity contribution in [3.05, 3.63) is 30.3 Å². The lowest BCUT2D eigenvalue weighted by molar-refractivity contribution is -0.145. The molecule has 3 atom stereocenters. The second-order valence-electron chi connectivity index (χ2n) is 4.67. The minimum Gasteiger partial charge on any atom is -0.467 e. The van der Waals surface area contributed by atoms with Crippen molar-refractivity contribution < 1.29 is 19.1 Å². The number of fused-ring (bicyclic) bond motifs is 1. The van der Waals surface area contributed by atoms with E-state index in [4.69, 9.17) is 0 Å². The van der Waals surface area contributed by atoms with Crippen LogP contribution < -0.4 is 4.90 Å². The van der Waals surface area contributed by atoms with Crippen molar-refractivity contribution in [2.24, 2.45) is 16.8 Å². The molecule has 6 nitrogen and oxygen atoms in total. The standard InChI is InChI=1S/C14H12N2O4/c1-20-14(19)11-10-9(7-15-11)12(17)16(13(10)18)8-5-3-2-4-6-8/h2-7,9-11H,1H3/t9-,10-,11+/m0/s1. The number of hydrogen-bond acceptors (Lipinski definition) is 5. The number of para-hydroxylation sites is 1. The quantitative estimate of drug-likeness (QED) is 0.577. The van der Waals surface area contributed by atoms with Gasteiger partial charge >= 0.3 is 5.97 Å². The number of hydrogen-bond donors (Lipinski definition) is 0. The first kappa shape index (κ1) is 12.5. The van der Waals surface area contributed by atoms with Gasteiger partial charge in [-0.25, -0.2) is 9.69 Å². The Morgan fingerprint density at radius 3 is 2.55 bits per heavy atom. The molecule has 0 N–H and O–H groups in total. The topological polar surface area (TPSA) is 76.0 Å². The van der Waals surface area contributed by atoms with Gasteiger partial charge in [-0.3, -0.25) is 14.6 Å². The molecular weight excluding hydrogens is 260 g/mol. The first-order chi connectivity index (χ1) is 9.65. The molecule has 2 aliphatic rings. The maximum absolute atomic E-state index is 12.4. The van der Waals surface area contributed by atoms with Crippen LogP contribution in [0.2, 0.25) is 0 Å². The van der Waals surface area contributed by atoms with Crippen LogP contribution in [0, 0.1) is 11.8 Å². The zero-order chi connectivity index (χ0) is 14.3. The third kappa shape index (κ3) is 1.65. The van der Waals surface area contributed by atoms with Gasteiger partial charge in [0.15, 0.2) is 6.04 Å². The van der Waals surface area contributed by atoms with Crippen molar-refractivity contribution in [2.45, 2.75) is 6.04 Å². The van der Waals surface area contributed by atoms with E-state index in [9.17, 15) is 14.4 Å². The van der Waals surface area contributed by atoms with Gasteiger partial charge in [0.2, 0.25) is 11.8 Å². The molecule has 0 unspecified atom stereocenters. The van der Waals surface area contributed by atoms with E-state index < -0.39 is 29.8 Å². The summed E-state index contributed by atoms with van der Waals surface area (Å²) in [5.74, 6) is -2.80. The summed E-state index contributed by atoms with van der Waals surface area (Å²) in [4.78, 5) is 41.5. The molecule has 0 spiro atoms. The Hall–Kier alpha value is -2.50. The lowest BCUT2D eigenvalue weighted by atomic mass is 9.92. The van der Waals surface area contributed by atoms with Gasteiger partial charge in [-0.1, -0.05) is 18.2 Å². The highest BCUT2D eigenvalue weighted by molar-refractivity contribution is 6.27. The molecule has 3 rings (SSSR count). The van der Waals surface area contributed by atoms with Crippen molar-refractivity contribution in [2.75, 3.05) is 12.0 Å². The maximum Gasteiger partial charge on any atom is 0.331 e. The molecule has 6 heteroatoms. The summed E-state index contributed by atoms with van der Waals surface area (Å²) < 4.78 is 4.63. The molecule has 1 saturated heterocycles. The van der Waals surface area contributed by atoms with Crippen LogP contribution in [0.15, 0.2) is 35.3 Å². The minimum absolute atomic E-state index is 0.346. The zero-order valence-electron chi connectivity index (χ0n) is 10.7. The van der Waals surface area contributed by atoms with Crippen LogP contribution in [0.1, 0.15) is 0 Å². The first-order valence-electron chi connectivity index (χ1n) is 6.19. The van der Waals surface area contributed by atoms with Gasteiger partial charge in [0.05, 0.1) is 24.6 Å². The highest BCUT2D eigenvalue weighted by Gasteiger charge is 2.56. The Kier molecular flexibility index (Phi) is 2.85. The molecule has 1 aromatic rings. The fourth-order valence-electron chi connectivity index (χ4n) is 2.64. The van der Waals surface area contributed by atoms with Crippen molar-refractivity contribution in [1.82, 2.24) is 0 Å². The van der Waals surface area contributed by atoms with Crippen LogP contribution in [0.4, 0.5) is 5.69 Å². The average molecular weight is 272 g/mol. The summed E-state index contributed by atoms with van der Waals surface area (Å²) in [6, 6.07) is 7.73. The summed E-state index contributed by atoms with van der Waals surface area (Å²) in [5.41, 5.74) is 0.508. The van der Waals surface area contributed by atoms with Gasteiger partial charge < -0.3 is 4.74 Å². The number of carbonyl (C=O) groups excluding carboxylic acids is 3. The number of ether oxygens (including phenoxy) is 1. The Labute approximate surface area is 115 Å². The highest BCUT2D eigenvalue weighted by atomic mass is 16.5. The second kappa shape index (κ2) is 4.56. The fraction of sp³-hybridized carbons (Fsp3) is 0.286. The lowest BCUT2D eigenvalue weighted by Gasteiger charge is -2.16. The van der Waals surface area contributed by atoms with Crippen molar-refractivity contribution in [1.29, 1.82) is 0 Å². The van der Waals surface area contributed by atoms with Crippen molar-refractivity contribution in [3.8, 4) is 0 Å². The number of anilines is 1. The first-order valence-corrected chi connectivity index (χ1v) is 6.19. The molecule has 0 radical (unpaired) electrons. The number of imide groups is 1. The molecule has 102 valence electrons. The minimum atomic E-state index is -0.921. The molecule has 1 aromatic carbocycles. The smallest absolute Gasteiger partial charge is 0.331 e. The van der Waals surface area contributed by atoms with E-state index in [1.54, 1.807) is 30.3 Å². The molecule has 20 heavy (non-hydrogen) atoms. The van der Waals surface area contributed by atoms with Crippen LogP contribution in [-0.4, -0.2) is 37.1 Å². The maximum atomic E-state index is 12.4. The van der Waals surface area contributed by atoms with E-state index in [0.29, 0.717) is 5.69 Å². The summed E-state index contributed by atoms with van der Waals surface area (Å²) in [7, 11) is 1.24. The Bertz CT molecular complexity index is 611. The van der Waals surface area contributed by atoms with Crippen molar-refractivity contribution >= 4 is 29.7 Å². The molecule has 0 aliphatic carbocycles. The molecule has 0 saturated carbocycles. The zero-order valence-corrected chi connectivity index (χ0v) is 10.7. The summed E-state index contributed by atoms with van der Waals surface area (Å²) in [5, 5.41) is 0. The molecule has 1 fully saturated rings. The van der Waals surface area contributed by atoms with Crippen molar-refractivity contribution in [3.63, 3.8) is 0 Å². The predicted octanol–water partition coefficient (Wildman–Crippen LogP) is 0.418. The van der Waals surface area contributed by atoms with E-state index in [-0.39, 0.29) is 5.91 Å². The van der Waals surface area contributed by atoms with Gasteiger partial charge in [-0.15, -0.1) is 0 Å². The van der Waals surface area contributed by atoms with Gasteiger partial charge in [0.1, 0.15) is 0 Å². The number of nitrogens with zero attached hydrogens (tertiary/aromatic N) is 2. The Morgan fingerprint density at radius 1 is 1.20 bits per heavy atom. The number of methoxy groups -OCH3 is 1. The van der Waals surface area contributed by atoms with E-state index in [1.165, 1.54) is 13.3 Å². The monoisotopic (exact) mass is 272 g/mol. The highest BCUT2D eigenvalue weighted by Crippen LogP contribution is 2.36. The van der Waals surface area contributed by atoms with E-state index in [0.717, 1.165) is 4.90 Å². The summed E-state index contributed by atoms with van der Waals surface area (Å²) >= 11 is 0. The molecular formula is C14H12N2O4. The van der Waals surface area contributed by atoms with Crippen LogP contribution >= 0.6 is 0 Å². The fourth-order valence-corrected chi connectivity index (χ4v) is 2.64. The predicted molar refractivity (Wildman–Crippen MR) is 70.2 cm³/mol. The Morgan fingerprint density at radius 2 is 1.90 bits per heavy atom. The van der Waals surface area contributed by atoms with Crippen LogP contribution in [-0.2, 0) is 19.1 Å². The SMILES string of the molecule is COC(=O)[C@@H]1N=C[C@@H]2C(=O)N(c3ccccc3)C(=O)[C@@H]21. The number of amides is 2. The van der Waals surface area contributed by atoms with Crippen LogP contribution in [0.5, 0.6) is 0 Å². The van der Waals surface area contributed by atoms with E-state index in [1.807, 2.05) is 0 Å². The number of aliphatic imine (C=N–C) groups is 1. The van der Waals surface area contributed by atoms with Crippen LogP contribution in [0.25, 0.3) is 0 Å². The van der Waals surface area contributed by atoms with Gasteiger partial charge in [-0.05, 0) is 12.1 Å². The van der Waals surface area contributed by atoms with Crippen LogP contribution in [0.3, 0.4) is 0 Å². The number of carbonyl (C=O) groups is 3. The molecule has 2 aliphatic heterocycles. The normalized spacial score (nSPS) is 27.9. The average Bonchev–Trinajstić information content (AvgIpc) is 3.01.